The molecule has 1 aromatic heterocycles. The summed E-state index contributed by atoms with van der Waals surface area (Å²) in [7, 11) is 1.84. The molecule has 0 radical (unpaired) electrons. The number of fused-ring (bicyclic) bond motifs is 1. The number of aromatic amines is 1. The summed E-state index contributed by atoms with van der Waals surface area (Å²) >= 11 is 0. The lowest BCUT2D eigenvalue weighted by atomic mass is 10.0. The van der Waals surface area contributed by atoms with Crippen LogP contribution in [-0.2, 0) is 13.0 Å². The van der Waals surface area contributed by atoms with Crippen molar-refractivity contribution in [3.05, 3.63) is 53.3 Å². The van der Waals surface area contributed by atoms with Crippen LogP contribution >= 0.6 is 0 Å². The van der Waals surface area contributed by atoms with E-state index in [9.17, 15) is 4.39 Å². The first-order valence-corrected chi connectivity index (χ1v) is 8.13. The summed E-state index contributed by atoms with van der Waals surface area (Å²) < 4.78 is 19.7. The van der Waals surface area contributed by atoms with Crippen LogP contribution in [-0.4, -0.2) is 17.2 Å². The number of hydrogen-bond acceptors (Lipinski definition) is 3. The SMILES string of the molecule is CNc1n[nH]c2c(OCc3ccccc3F)cc(CC(C)C)cc12. The second-order valence-electron chi connectivity index (χ2n) is 6.32. The molecule has 0 amide bonds. The van der Waals surface area contributed by atoms with Gasteiger partial charge in [-0.1, -0.05) is 32.0 Å². The molecule has 0 aliphatic rings. The van der Waals surface area contributed by atoms with Gasteiger partial charge in [0.2, 0.25) is 0 Å². The van der Waals surface area contributed by atoms with Crippen LogP contribution in [0.4, 0.5) is 10.2 Å². The van der Waals surface area contributed by atoms with E-state index in [4.69, 9.17) is 4.74 Å². The Labute approximate surface area is 141 Å². The maximum Gasteiger partial charge on any atom is 0.155 e. The van der Waals surface area contributed by atoms with Gasteiger partial charge >= 0.3 is 0 Å². The molecule has 0 bridgehead atoms. The number of benzene rings is 2. The lowest BCUT2D eigenvalue weighted by Gasteiger charge is -2.12. The van der Waals surface area contributed by atoms with Crippen LogP contribution in [0.25, 0.3) is 10.9 Å². The zero-order valence-corrected chi connectivity index (χ0v) is 14.2. The van der Waals surface area contributed by atoms with Crippen molar-refractivity contribution in [1.82, 2.24) is 10.2 Å². The zero-order chi connectivity index (χ0) is 17.1. The monoisotopic (exact) mass is 327 g/mol. The molecule has 4 nitrogen and oxygen atoms in total. The van der Waals surface area contributed by atoms with Gasteiger partial charge in [0.1, 0.15) is 23.7 Å². The van der Waals surface area contributed by atoms with Crippen molar-refractivity contribution in [2.24, 2.45) is 5.92 Å². The Hall–Kier alpha value is -2.56. The maximum absolute atomic E-state index is 13.8. The fraction of sp³-hybridized carbons (Fsp3) is 0.316. The lowest BCUT2D eigenvalue weighted by Crippen LogP contribution is -2.01. The minimum absolute atomic E-state index is 0.181. The molecule has 0 saturated carbocycles. The number of aromatic nitrogens is 2. The molecule has 3 rings (SSSR count). The Balaban J connectivity index is 1.96. The summed E-state index contributed by atoms with van der Waals surface area (Å²) in [5.41, 5.74) is 2.54. The van der Waals surface area contributed by atoms with Gasteiger partial charge in [0, 0.05) is 18.0 Å². The van der Waals surface area contributed by atoms with E-state index in [2.05, 4.69) is 35.4 Å². The fourth-order valence-corrected chi connectivity index (χ4v) is 2.81. The Kier molecular flexibility index (Phi) is 4.69. The second kappa shape index (κ2) is 6.91. The molecule has 0 aliphatic carbocycles. The lowest BCUT2D eigenvalue weighted by molar-refractivity contribution is 0.302. The first-order chi connectivity index (χ1) is 11.6. The number of nitrogens with one attached hydrogen (secondary N) is 2. The molecule has 0 saturated heterocycles. The summed E-state index contributed by atoms with van der Waals surface area (Å²) in [6.45, 7) is 4.54. The van der Waals surface area contributed by atoms with Crippen molar-refractivity contribution in [2.75, 3.05) is 12.4 Å². The largest absolute Gasteiger partial charge is 0.487 e. The van der Waals surface area contributed by atoms with E-state index < -0.39 is 0 Å². The van der Waals surface area contributed by atoms with E-state index in [0.717, 1.165) is 23.1 Å². The van der Waals surface area contributed by atoms with Crippen molar-refractivity contribution in [1.29, 1.82) is 0 Å². The third kappa shape index (κ3) is 3.35. The number of anilines is 1. The molecule has 24 heavy (non-hydrogen) atoms. The highest BCUT2D eigenvalue weighted by Gasteiger charge is 2.13. The quantitative estimate of drug-likeness (QED) is 0.700. The number of H-pyrrole nitrogens is 1. The molecule has 0 aliphatic heterocycles. The van der Waals surface area contributed by atoms with Crippen molar-refractivity contribution in [2.45, 2.75) is 26.9 Å². The van der Waals surface area contributed by atoms with Crippen LogP contribution in [0.3, 0.4) is 0 Å². The Bertz CT molecular complexity index is 842. The minimum atomic E-state index is -0.257. The first-order valence-electron chi connectivity index (χ1n) is 8.13. The van der Waals surface area contributed by atoms with E-state index >= 15 is 0 Å². The number of hydrogen-bond donors (Lipinski definition) is 2. The molecule has 2 aromatic carbocycles. The van der Waals surface area contributed by atoms with E-state index in [1.54, 1.807) is 12.1 Å². The molecule has 0 fully saturated rings. The van der Waals surface area contributed by atoms with Gasteiger partial charge < -0.3 is 10.1 Å². The fourth-order valence-electron chi connectivity index (χ4n) is 2.81. The highest BCUT2D eigenvalue weighted by Crippen LogP contribution is 2.32. The van der Waals surface area contributed by atoms with Gasteiger partial charge in [-0.15, -0.1) is 0 Å². The Morgan fingerprint density at radius 2 is 2.04 bits per heavy atom. The van der Waals surface area contributed by atoms with Gasteiger partial charge in [-0.25, -0.2) is 4.39 Å². The van der Waals surface area contributed by atoms with Crippen LogP contribution in [0, 0.1) is 11.7 Å². The molecule has 0 unspecified atom stereocenters. The maximum atomic E-state index is 13.8. The van der Waals surface area contributed by atoms with Crippen LogP contribution < -0.4 is 10.1 Å². The van der Waals surface area contributed by atoms with Crippen LogP contribution in [0.15, 0.2) is 36.4 Å². The van der Waals surface area contributed by atoms with Gasteiger partial charge in [-0.2, -0.15) is 5.10 Å². The second-order valence-corrected chi connectivity index (χ2v) is 6.32. The van der Waals surface area contributed by atoms with E-state index in [1.807, 2.05) is 19.2 Å². The molecule has 5 heteroatoms. The topological polar surface area (TPSA) is 49.9 Å². The number of nitrogens with zero attached hydrogens (tertiary/aromatic N) is 1. The average molecular weight is 327 g/mol. The van der Waals surface area contributed by atoms with Crippen molar-refractivity contribution in [3.8, 4) is 5.75 Å². The Morgan fingerprint density at radius 3 is 2.75 bits per heavy atom. The number of halogens is 1. The molecule has 0 spiro atoms. The van der Waals surface area contributed by atoms with Gasteiger partial charge in [0.15, 0.2) is 5.82 Å². The minimum Gasteiger partial charge on any atom is -0.487 e. The third-order valence-corrected chi connectivity index (χ3v) is 3.92. The van der Waals surface area contributed by atoms with Crippen molar-refractivity contribution < 1.29 is 9.13 Å². The molecular weight excluding hydrogens is 305 g/mol. The summed E-state index contributed by atoms with van der Waals surface area (Å²) in [5, 5.41) is 11.4. The van der Waals surface area contributed by atoms with Gasteiger partial charge in [-0.05, 0) is 36.1 Å². The van der Waals surface area contributed by atoms with Gasteiger partial charge in [-0.3, -0.25) is 5.10 Å². The van der Waals surface area contributed by atoms with E-state index in [0.29, 0.717) is 17.2 Å². The van der Waals surface area contributed by atoms with E-state index in [-0.39, 0.29) is 12.4 Å². The summed E-state index contributed by atoms with van der Waals surface area (Å²) in [4.78, 5) is 0. The van der Waals surface area contributed by atoms with Crippen molar-refractivity contribution >= 4 is 16.7 Å². The van der Waals surface area contributed by atoms with Crippen molar-refractivity contribution in [3.63, 3.8) is 0 Å². The summed E-state index contributed by atoms with van der Waals surface area (Å²) in [6.07, 6.45) is 0.945. The van der Waals surface area contributed by atoms with Crippen LogP contribution in [0.1, 0.15) is 25.0 Å². The molecule has 0 atom stereocenters. The highest BCUT2D eigenvalue weighted by atomic mass is 19.1. The normalized spacial score (nSPS) is 11.2. The molecule has 126 valence electrons. The molecule has 3 aromatic rings. The summed E-state index contributed by atoms with van der Waals surface area (Å²) in [5.74, 6) is 1.76. The average Bonchev–Trinajstić information content (AvgIpc) is 2.96. The molecular formula is C19H22FN3O. The molecule has 2 N–H and O–H groups in total. The first kappa shape index (κ1) is 16.3. The predicted octanol–water partition coefficient (Wildman–Crippen LogP) is 4.52. The standard InChI is InChI=1S/C19H22FN3O/c1-12(2)8-13-9-15-18(22-23-19(15)21-3)17(10-13)24-11-14-6-4-5-7-16(14)20/h4-7,9-10,12H,8,11H2,1-3H3,(H2,21,22,23). The van der Waals surface area contributed by atoms with Gasteiger partial charge in [0.05, 0.1) is 0 Å². The summed E-state index contributed by atoms with van der Waals surface area (Å²) in [6, 6.07) is 10.8. The Morgan fingerprint density at radius 1 is 1.25 bits per heavy atom. The number of ether oxygens (including phenoxy) is 1. The van der Waals surface area contributed by atoms with Crippen LogP contribution in [0.5, 0.6) is 5.75 Å². The van der Waals surface area contributed by atoms with Gasteiger partial charge in [0.25, 0.3) is 0 Å². The highest BCUT2D eigenvalue weighted by molar-refractivity contribution is 5.94. The van der Waals surface area contributed by atoms with E-state index in [1.165, 1.54) is 11.6 Å². The third-order valence-electron chi connectivity index (χ3n) is 3.92. The predicted molar refractivity (Wildman–Crippen MR) is 94.9 cm³/mol. The van der Waals surface area contributed by atoms with Crippen LogP contribution in [0.2, 0.25) is 0 Å². The smallest absolute Gasteiger partial charge is 0.155 e. The molecule has 1 heterocycles. The zero-order valence-electron chi connectivity index (χ0n) is 14.2. The number of rotatable bonds is 6.